The summed E-state index contributed by atoms with van der Waals surface area (Å²) in [6.45, 7) is 2.37. The quantitative estimate of drug-likeness (QED) is 0.841. The number of anilines is 1. The van der Waals surface area contributed by atoms with Gasteiger partial charge in [0.2, 0.25) is 0 Å². The van der Waals surface area contributed by atoms with Gasteiger partial charge in [0.05, 0.1) is 17.5 Å². The number of fused-ring (bicyclic) bond motifs is 1. The molecule has 20 heavy (non-hydrogen) atoms. The second kappa shape index (κ2) is 4.96. The third-order valence-electron chi connectivity index (χ3n) is 3.60. The van der Waals surface area contributed by atoms with Crippen LogP contribution in [0.15, 0.2) is 41.0 Å². The Bertz CT molecular complexity index is 672. The van der Waals surface area contributed by atoms with Crippen molar-refractivity contribution in [1.82, 2.24) is 0 Å². The van der Waals surface area contributed by atoms with Crippen molar-refractivity contribution >= 4 is 17.4 Å². The van der Waals surface area contributed by atoms with Crippen molar-refractivity contribution in [2.75, 3.05) is 11.4 Å². The molecule has 1 aromatic carbocycles. The number of ketones is 1. The number of hydrogen-bond acceptors (Lipinski definition) is 3. The molecule has 1 aromatic heterocycles. The van der Waals surface area contributed by atoms with Crippen molar-refractivity contribution in [1.29, 1.82) is 0 Å². The maximum atomic E-state index is 12.7. The number of hydrogen-bond donors (Lipinski definition) is 0. The van der Waals surface area contributed by atoms with Crippen molar-refractivity contribution in [3.05, 3.63) is 53.5 Å². The molecule has 3 rings (SSSR count). The van der Waals surface area contributed by atoms with Gasteiger partial charge in [0.25, 0.3) is 5.91 Å². The summed E-state index contributed by atoms with van der Waals surface area (Å²) in [5, 5.41) is 0. The molecule has 2 heterocycles. The summed E-state index contributed by atoms with van der Waals surface area (Å²) in [6.07, 6.45) is 2.57. The molecule has 1 aliphatic heterocycles. The molecule has 2 aromatic rings. The molecule has 0 bridgehead atoms. The molecule has 0 N–H and O–H groups in total. The highest BCUT2D eigenvalue weighted by atomic mass is 16.3. The van der Waals surface area contributed by atoms with Crippen LogP contribution in [0.5, 0.6) is 0 Å². The Kier molecular flexibility index (Phi) is 3.14. The monoisotopic (exact) mass is 269 g/mol. The summed E-state index contributed by atoms with van der Waals surface area (Å²) < 4.78 is 5.32. The minimum absolute atomic E-state index is 0.0903. The second-order valence-electron chi connectivity index (χ2n) is 4.76. The van der Waals surface area contributed by atoms with Crippen molar-refractivity contribution in [2.45, 2.75) is 19.8 Å². The lowest BCUT2D eigenvalue weighted by Gasteiger charge is -2.28. The molecule has 0 spiro atoms. The van der Waals surface area contributed by atoms with E-state index in [1.54, 1.807) is 17.0 Å². The van der Waals surface area contributed by atoms with Crippen LogP contribution in [0.2, 0.25) is 0 Å². The number of carbonyl (C=O) groups is 2. The molecule has 0 atom stereocenters. The van der Waals surface area contributed by atoms with Crippen LogP contribution < -0.4 is 4.90 Å². The molecule has 1 aliphatic rings. The first-order valence-corrected chi connectivity index (χ1v) is 6.73. The van der Waals surface area contributed by atoms with Gasteiger partial charge in [-0.25, -0.2) is 0 Å². The molecular formula is C16H15NO3. The van der Waals surface area contributed by atoms with E-state index in [0.717, 1.165) is 0 Å². The average molecular weight is 269 g/mol. The number of amides is 1. The van der Waals surface area contributed by atoms with Crippen molar-refractivity contribution in [3.63, 3.8) is 0 Å². The van der Waals surface area contributed by atoms with Crippen LogP contribution >= 0.6 is 0 Å². The molecule has 4 heteroatoms. The number of rotatable bonds is 2. The van der Waals surface area contributed by atoms with E-state index >= 15 is 0 Å². The largest absolute Gasteiger partial charge is 0.469 e. The molecule has 0 radical (unpaired) electrons. The highest BCUT2D eigenvalue weighted by Crippen LogP contribution is 2.29. The number of para-hydroxylation sites is 1. The third-order valence-corrected chi connectivity index (χ3v) is 3.60. The number of aryl methyl sites for hydroxylation is 1. The van der Waals surface area contributed by atoms with E-state index in [-0.39, 0.29) is 11.7 Å². The van der Waals surface area contributed by atoms with Gasteiger partial charge in [-0.2, -0.15) is 0 Å². The Morgan fingerprint density at radius 2 is 2.10 bits per heavy atom. The molecule has 1 amide bonds. The average Bonchev–Trinajstić information content (AvgIpc) is 2.96. The van der Waals surface area contributed by atoms with E-state index in [9.17, 15) is 9.59 Å². The van der Waals surface area contributed by atoms with Crippen LogP contribution in [-0.4, -0.2) is 18.2 Å². The molecule has 0 aliphatic carbocycles. The first-order valence-electron chi connectivity index (χ1n) is 6.73. The van der Waals surface area contributed by atoms with Gasteiger partial charge >= 0.3 is 0 Å². The van der Waals surface area contributed by atoms with Crippen LogP contribution in [0.1, 0.15) is 39.8 Å². The van der Waals surface area contributed by atoms with Crippen LogP contribution in [0.4, 0.5) is 5.69 Å². The fraction of sp³-hybridized carbons (Fsp3) is 0.250. The molecular weight excluding hydrogens is 254 g/mol. The fourth-order valence-electron chi connectivity index (χ4n) is 2.57. The van der Waals surface area contributed by atoms with Gasteiger partial charge in [-0.05, 0) is 18.2 Å². The number of nitrogens with zero attached hydrogens (tertiary/aromatic N) is 1. The lowest BCUT2D eigenvalue weighted by Crippen LogP contribution is -2.37. The Hall–Kier alpha value is -2.36. The normalized spacial score (nSPS) is 14.2. The predicted molar refractivity (Wildman–Crippen MR) is 75.2 cm³/mol. The van der Waals surface area contributed by atoms with Gasteiger partial charge in [0, 0.05) is 24.9 Å². The van der Waals surface area contributed by atoms with E-state index in [4.69, 9.17) is 4.42 Å². The van der Waals surface area contributed by atoms with Crippen molar-refractivity contribution < 1.29 is 14.0 Å². The van der Waals surface area contributed by atoms with Crippen LogP contribution in [0, 0.1) is 0 Å². The summed E-state index contributed by atoms with van der Waals surface area (Å²) in [4.78, 5) is 26.2. The molecule has 0 unspecified atom stereocenters. The van der Waals surface area contributed by atoms with Gasteiger partial charge in [-0.1, -0.05) is 19.1 Å². The van der Waals surface area contributed by atoms with Gasteiger partial charge in [0.15, 0.2) is 5.78 Å². The van der Waals surface area contributed by atoms with Crippen LogP contribution in [0.25, 0.3) is 0 Å². The smallest absolute Gasteiger partial charge is 0.261 e. The zero-order valence-electron chi connectivity index (χ0n) is 11.3. The van der Waals surface area contributed by atoms with Crippen LogP contribution in [-0.2, 0) is 6.42 Å². The molecule has 0 saturated carbocycles. The summed E-state index contributed by atoms with van der Waals surface area (Å²) in [5.74, 6) is 0.674. The number of furan rings is 1. The first kappa shape index (κ1) is 12.7. The Balaban J connectivity index is 2.02. The van der Waals surface area contributed by atoms with Crippen molar-refractivity contribution in [2.24, 2.45) is 0 Å². The maximum absolute atomic E-state index is 12.7. The van der Waals surface area contributed by atoms with Gasteiger partial charge in [-0.15, -0.1) is 0 Å². The second-order valence-corrected chi connectivity index (χ2v) is 4.76. The zero-order chi connectivity index (χ0) is 14.1. The molecule has 0 fully saturated rings. The minimum Gasteiger partial charge on any atom is -0.469 e. The topological polar surface area (TPSA) is 50.5 Å². The zero-order valence-corrected chi connectivity index (χ0v) is 11.3. The molecule has 4 nitrogen and oxygen atoms in total. The number of carbonyl (C=O) groups excluding carboxylic acids is 2. The summed E-state index contributed by atoms with van der Waals surface area (Å²) in [6, 6.07) is 8.94. The predicted octanol–water partition coefficient (Wildman–Crippen LogP) is 3.08. The Labute approximate surface area is 117 Å². The molecule has 0 saturated heterocycles. The summed E-state index contributed by atoms with van der Waals surface area (Å²) >= 11 is 0. The highest BCUT2D eigenvalue weighted by molar-refractivity contribution is 6.13. The van der Waals surface area contributed by atoms with E-state index in [1.807, 2.05) is 25.1 Å². The number of benzene rings is 1. The summed E-state index contributed by atoms with van der Waals surface area (Å²) in [5.41, 5.74) is 1.89. The van der Waals surface area contributed by atoms with Gasteiger partial charge < -0.3 is 9.32 Å². The first-order chi connectivity index (χ1) is 9.72. The lowest BCUT2D eigenvalue weighted by atomic mass is 9.99. The van der Waals surface area contributed by atoms with E-state index < -0.39 is 0 Å². The maximum Gasteiger partial charge on any atom is 0.261 e. The Morgan fingerprint density at radius 1 is 1.30 bits per heavy atom. The molecule has 102 valence electrons. The highest BCUT2D eigenvalue weighted by Gasteiger charge is 2.29. The van der Waals surface area contributed by atoms with E-state index in [2.05, 4.69) is 0 Å². The standard InChI is InChI=1S/C16H15NO3/c1-2-15-12(8-10-20-15)16(19)17-9-7-14(18)11-5-3-4-6-13(11)17/h3-6,8,10H,2,7,9H2,1H3. The Morgan fingerprint density at radius 3 is 2.90 bits per heavy atom. The minimum atomic E-state index is -0.101. The number of Topliss-reactive ketones (excluding diaryl/α,β-unsaturated/α-hetero) is 1. The van der Waals surface area contributed by atoms with Gasteiger partial charge in [-0.3, -0.25) is 9.59 Å². The lowest BCUT2D eigenvalue weighted by molar-refractivity contribution is 0.0954. The third kappa shape index (κ3) is 1.93. The summed E-state index contributed by atoms with van der Waals surface area (Å²) in [7, 11) is 0. The van der Waals surface area contributed by atoms with Gasteiger partial charge in [0.1, 0.15) is 5.76 Å². The van der Waals surface area contributed by atoms with E-state index in [0.29, 0.717) is 42.0 Å². The SMILES string of the molecule is CCc1occc1C(=O)N1CCC(=O)c2ccccc21. The van der Waals surface area contributed by atoms with Crippen molar-refractivity contribution in [3.8, 4) is 0 Å². The van der Waals surface area contributed by atoms with E-state index in [1.165, 1.54) is 6.26 Å². The fourth-order valence-corrected chi connectivity index (χ4v) is 2.57. The van der Waals surface area contributed by atoms with Crippen LogP contribution in [0.3, 0.4) is 0 Å².